The number of hydrogen-bond acceptors (Lipinski definition) is 5. The maximum atomic E-state index is 5.65. The molecule has 3 rings (SSSR count). The predicted octanol–water partition coefficient (Wildman–Crippen LogP) is 1.70. The van der Waals surface area contributed by atoms with Gasteiger partial charge in [-0.2, -0.15) is 4.80 Å². The second-order valence-corrected chi connectivity index (χ2v) is 4.41. The van der Waals surface area contributed by atoms with Crippen molar-refractivity contribution in [2.75, 3.05) is 7.05 Å². The minimum atomic E-state index is 0.476. The van der Waals surface area contributed by atoms with E-state index in [0.717, 1.165) is 17.1 Å². The summed E-state index contributed by atoms with van der Waals surface area (Å²) in [7, 11) is 1.88. The molecular formula is C14H15N5O. The largest absolute Gasteiger partial charge is 0.463 e. The first-order valence-corrected chi connectivity index (χ1v) is 6.40. The number of aromatic nitrogens is 4. The van der Waals surface area contributed by atoms with E-state index >= 15 is 0 Å². The van der Waals surface area contributed by atoms with E-state index in [2.05, 4.69) is 20.7 Å². The lowest BCUT2D eigenvalue weighted by atomic mass is 10.2. The van der Waals surface area contributed by atoms with Crippen molar-refractivity contribution in [2.45, 2.75) is 13.1 Å². The second kappa shape index (κ2) is 5.66. The molecule has 0 saturated heterocycles. The number of benzene rings is 1. The second-order valence-electron chi connectivity index (χ2n) is 4.41. The summed E-state index contributed by atoms with van der Waals surface area (Å²) in [4.78, 5) is 1.53. The maximum Gasteiger partial charge on any atom is 0.204 e. The molecule has 0 amide bonds. The highest BCUT2D eigenvalue weighted by Crippen LogP contribution is 2.13. The fourth-order valence-corrected chi connectivity index (χ4v) is 1.93. The smallest absolute Gasteiger partial charge is 0.204 e. The maximum absolute atomic E-state index is 5.65. The Balaban J connectivity index is 1.73. The molecule has 0 aliphatic rings. The van der Waals surface area contributed by atoms with Gasteiger partial charge in [0.05, 0.1) is 6.54 Å². The monoisotopic (exact) mass is 269 g/mol. The van der Waals surface area contributed by atoms with Crippen LogP contribution in [0.2, 0.25) is 0 Å². The van der Waals surface area contributed by atoms with Gasteiger partial charge in [0.15, 0.2) is 0 Å². The molecule has 1 N–H and O–H groups in total. The van der Waals surface area contributed by atoms with E-state index in [0.29, 0.717) is 18.9 Å². The highest BCUT2D eigenvalue weighted by molar-refractivity contribution is 5.52. The normalized spacial score (nSPS) is 10.8. The van der Waals surface area contributed by atoms with Crippen molar-refractivity contribution in [2.24, 2.45) is 0 Å². The molecule has 0 spiro atoms. The van der Waals surface area contributed by atoms with Crippen LogP contribution < -0.4 is 5.32 Å². The number of nitrogens with zero attached hydrogens (tertiary/aromatic N) is 4. The van der Waals surface area contributed by atoms with Gasteiger partial charge in [-0.15, -0.1) is 10.2 Å². The Morgan fingerprint density at radius 2 is 1.90 bits per heavy atom. The highest BCUT2D eigenvalue weighted by Gasteiger charge is 2.08. The number of tetrazole rings is 1. The van der Waals surface area contributed by atoms with Gasteiger partial charge in [0.1, 0.15) is 18.1 Å². The minimum Gasteiger partial charge on any atom is -0.463 e. The summed E-state index contributed by atoms with van der Waals surface area (Å²) in [6, 6.07) is 13.6. The Hall–Kier alpha value is -2.47. The van der Waals surface area contributed by atoms with Crippen molar-refractivity contribution in [3.05, 3.63) is 54.0 Å². The average molecular weight is 269 g/mol. The molecule has 0 radical (unpaired) electrons. The molecule has 2 heterocycles. The van der Waals surface area contributed by atoms with E-state index in [9.17, 15) is 0 Å². The lowest BCUT2D eigenvalue weighted by Crippen LogP contribution is -2.04. The number of furan rings is 1. The minimum absolute atomic E-state index is 0.476. The Kier molecular flexibility index (Phi) is 3.56. The lowest BCUT2D eigenvalue weighted by molar-refractivity contribution is 0.420. The fraction of sp³-hybridized carbons (Fsp3) is 0.214. The van der Waals surface area contributed by atoms with Crippen LogP contribution in [0, 0.1) is 0 Å². The summed E-state index contributed by atoms with van der Waals surface area (Å²) in [5.41, 5.74) is 0.953. The summed E-state index contributed by atoms with van der Waals surface area (Å²) >= 11 is 0. The topological polar surface area (TPSA) is 68.8 Å². The van der Waals surface area contributed by atoms with Gasteiger partial charge in [-0.1, -0.05) is 30.3 Å². The first-order chi connectivity index (χ1) is 9.85. The predicted molar refractivity (Wildman–Crippen MR) is 73.8 cm³/mol. The van der Waals surface area contributed by atoms with Crippen LogP contribution in [0.25, 0.3) is 11.4 Å². The Morgan fingerprint density at radius 3 is 2.70 bits per heavy atom. The van der Waals surface area contributed by atoms with Gasteiger partial charge >= 0.3 is 0 Å². The Labute approximate surface area is 116 Å². The summed E-state index contributed by atoms with van der Waals surface area (Å²) in [6.07, 6.45) is 0. The molecule has 6 nitrogen and oxygen atoms in total. The van der Waals surface area contributed by atoms with Gasteiger partial charge in [-0.05, 0) is 24.4 Å². The summed E-state index contributed by atoms with van der Waals surface area (Å²) in [5, 5.41) is 15.5. The van der Waals surface area contributed by atoms with Crippen LogP contribution in [0.15, 0.2) is 46.9 Å². The van der Waals surface area contributed by atoms with Gasteiger partial charge in [-0.3, -0.25) is 0 Å². The van der Waals surface area contributed by atoms with Crippen LogP contribution in [0.1, 0.15) is 11.5 Å². The summed E-state index contributed by atoms with van der Waals surface area (Å²) in [5.74, 6) is 2.32. The van der Waals surface area contributed by atoms with E-state index in [4.69, 9.17) is 4.42 Å². The molecule has 0 bridgehead atoms. The first kappa shape index (κ1) is 12.6. The van der Waals surface area contributed by atoms with Gasteiger partial charge in [0.25, 0.3) is 0 Å². The SMILES string of the molecule is CNCc1ccc(Cn2nnc(-c3ccccc3)n2)o1. The molecule has 1 aromatic carbocycles. The quantitative estimate of drug-likeness (QED) is 0.763. The highest BCUT2D eigenvalue weighted by atomic mass is 16.3. The van der Waals surface area contributed by atoms with Crippen molar-refractivity contribution in [1.82, 2.24) is 25.5 Å². The zero-order valence-corrected chi connectivity index (χ0v) is 11.2. The van der Waals surface area contributed by atoms with E-state index in [1.165, 1.54) is 4.80 Å². The molecule has 3 aromatic rings. The van der Waals surface area contributed by atoms with Crippen LogP contribution in [0.3, 0.4) is 0 Å². The standard InChI is InChI=1S/C14H15N5O/c1-15-9-12-7-8-13(20-12)10-19-17-14(16-18-19)11-5-3-2-4-6-11/h2-8,15H,9-10H2,1H3. The van der Waals surface area contributed by atoms with Crippen LogP contribution in [-0.4, -0.2) is 27.3 Å². The van der Waals surface area contributed by atoms with Gasteiger partial charge < -0.3 is 9.73 Å². The van der Waals surface area contributed by atoms with Crippen LogP contribution in [-0.2, 0) is 13.1 Å². The fourth-order valence-electron chi connectivity index (χ4n) is 1.93. The van der Waals surface area contributed by atoms with Gasteiger partial charge in [0.2, 0.25) is 5.82 Å². The lowest BCUT2D eigenvalue weighted by Gasteiger charge is -1.96. The number of hydrogen-bond donors (Lipinski definition) is 1. The molecule has 0 unspecified atom stereocenters. The number of rotatable bonds is 5. The van der Waals surface area contributed by atoms with Crippen molar-refractivity contribution in [3.8, 4) is 11.4 Å². The van der Waals surface area contributed by atoms with Crippen LogP contribution in [0.4, 0.5) is 0 Å². The molecule has 20 heavy (non-hydrogen) atoms. The van der Waals surface area contributed by atoms with Crippen LogP contribution in [0.5, 0.6) is 0 Å². The molecule has 6 heteroatoms. The molecule has 0 aliphatic carbocycles. The molecule has 0 saturated carbocycles. The third-order valence-electron chi connectivity index (χ3n) is 2.85. The zero-order chi connectivity index (χ0) is 13.8. The van der Waals surface area contributed by atoms with E-state index in [1.54, 1.807) is 0 Å². The molecule has 0 aliphatic heterocycles. The zero-order valence-electron chi connectivity index (χ0n) is 11.2. The van der Waals surface area contributed by atoms with Crippen LogP contribution >= 0.6 is 0 Å². The molecule has 102 valence electrons. The first-order valence-electron chi connectivity index (χ1n) is 6.40. The summed E-state index contributed by atoms with van der Waals surface area (Å²) in [6.45, 7) is 1.18. The van der Waals surface area contributed by atoms with E-state index in [-0.39, 0.29) is 0 Å². The van der Waals surface area contributed by atoms with Crippen molar-refractivity contribution < 1.29 is 4.42 Å². The van der Waals surface area contributed by atoms with E-state index < -0.39 is 0 Å². The van der Waals surface area contributed by atoms with Gasteiger partial charge in [-0.25, -0.2) is 0 Å². The van der Waals surface area contributed by atoms with Crippen molar-refractivity contribution in [1.29, 1.82) is 0 Å². The molecule has 2 aromatic heterocycles. The van der Waals surface area contributed by atoms with E-state index in [1.807, 2.05) is 49.5 Å². The van der Waals surface area contributed by atoms with Crippen molar-refractivity contribution in [3.63, 3.8) is 0 Å². The third-order valence-corrected chi connectivity index (χ3v) is 2.85. The Morgan fingerprint density at radius 1 is 1.10 bits per heavy atom. The molecule has 0 fully saturated rings. The number of nitrogens with one attached hydrogen (secondary N) is 1. The third kappa shape index (κ3) is 2.75. The van der Waals surface area contributed by atoms with Crippen molar-refractivity contribution >= 4 is 0 Å². The average Bonchev–Trinajstić information content (AvgIpc) is 3.11. The molecular weight excluding hydrogens is 254 g/mol. The van der Waals surface area contributed by atoms with Gasteiger partial charge in [0, 0.05) is 5.56 Å². The Bertz CT molecular complexity index is 674. The summed E-state index contributed by atoms with van der Waals surface area (Å²) < 4.78 is 5.65. The molecule has 0 atom stereocenters.